The first-order valence-electron chi connectivity index (χ1n) is 5.62. The lowest BCUT2D eigenvalue weighted by Crippen LogP contribution is -2.14. The minimum Gasteiger partial charge on any atom is -0.469 e. The fourth-order valence-electron chi connectivity index (χ4n) is 1.61. The molecule has 0 aliphatic heterocycles. The molecule has 2 rings (SSSR count). The highest BCUT2D eigenvalue weighted by Gasteiger charge is 2.14. The molecule has 18 heavy (non-hydrogen) atoms. The number of nitrogens with zero attached hydrogens (tertiary/aromatic N) is 1. The number of anilines is 1. The molecule has 0 fully saturated rings. The van der Waals surface area contributed by atoms with E-state index in [1.165, 1.54) is 6.26 Å². The highest BCUT2D eigenvalue weighted by molar-refractivity contribution is 9.10. The van der Waals surface area contributed by atoms with Crippen LogP contribution in [0.15, 0.2) is 33.4 Å². The number of rotatable bonds is 3. The molecule has 94 valence electrons. The average Bonchev–Trinajstić information content (AvgIpc) is 2.82. The van der Waals surface area contributed by atoms with Crippen molar-refractivity contribution in [3.8, 4) is 0 Å². The smallest absolute Gasteiger partial charge is 0.260 e. The summed E-state index contributed by atoms with van der Waals surface area (Å²) in [5.74, 6) is 1.01. The van der Waals surface area contributed by atoms with Crippen LogP contribution in [0.1, 0.15) is 28.7 Å². The second-order valence-electron chi connectivity index (χ2n) is 3.83. The van der Waals surface area contributed by atoms with Crippen molar-refractivity contribution in [2.45, 2.75) is 20.3 Å². The number of nitrogens with one attached hydrogen (secondary N) is 1. The molecule has 0 aliphatic rings. The summed E-state index contributed by atoms with van der Waals surface area (Å²) in [6.07, 6.45) is 2.20. The second kappa shape index (κ2) is 5.35. The van der Waals surface area contributed by atoms with Gasteiger partial charge in [-0.2, -0.15) is 0 Å². The van der Waals surface area contributed by atoms with Gasteiger partial charge in [-0.25, -0.2) is 4.98 Å². The van der Waals surface area contributed by atoms with Crippen LogP contribution in [0.5, 0.6) is 0 Å². The summed E-state index contributed by atoms with van der Waals surface area (Å²) in [6.45, 7) is 3.81. The van der Waals surface area contributed by atoms with Crippen molar-refractivity contribution in [2.75, 3.05) is 5.32 Å². The molecule has 0 aromatic carbocycles. The van der Waals surface area contributed by atoms with Crippen molar-refractivity contribution in [3.05, 3.63) is 46.0 Å². The lowest BCUT2D eigenvalue weighted by Gasteiger charge is -2.05. The first-order chi connectivity index (χ1) is 8.61. The fourth-order valence-corrected chi connectivity index (χ4v) is 1.83. The first kappa shape index (κ1) is 12.8. The number of furan rings is 1. The average molecular weight is 309 g/mol. The predicted octanol–water partition coefficient (Wildman–Crippen LogP) is 3.56. The molecule has 4 nitrogen and oxygen atoms in total. The number of aryl methyl sites for hydroxylation is 2. The number of halogens is 1. The maximum Gasteiger partial charge on any atom is 0.260 e. The van der Waals surface area contributed by atoms with Gasteiger partial charge >= 0.3 is 0 Å². The van der Waals surface area contributed by atoms with E-state index in [0.717, 1.165) is 10.2 Å². The number of amides is 1. The predicted molar refractivity (Wildman–Crippen MR) is 72.7 cm³/mol. The Kier molecular flexibility index (Phi) is 3.81. The van der Waals surface area contributed by atoms with Gasteiger partial charge in [-0.15, -0.1) is 0 Å². The van der Waals surface area contributed by atoms with Crippen molar-refractivity contribution in [2.24, 2.45) is 0 Å². The van der Waals surface area contributed by atoms with E-state index in [-0.39, 0.29) is 5.91 Å². The third-order valence-electron chi connectivity index (χ3n) is 2.57. The van der Waals surface area contributed by atoms with Gasteiger partial charge in [0.25, 0.3) is 5.91 Å². The zero-order valence-corrected chi connectivity index (χ0v) is 11.7. The van der Waals surface area contributed by atoms with Crippen LogP contribution >= 0.6 is 15.9 Å². The molecule has 2 aromatic heterocycles. The minimum absolute atomic E-state index is 0.199. The quantitative estimate of drug-likeness (QED) is 0.943. The molecule has 0 radical (unpaired) electrons. The number of aromatic nitrogens is 1. The van der Waals surface area contributed by atoms with Crippen LogP contribution in [-0.2, 0) is 6.42 Å². The number of hydrogen-bond donors (Lipinski definition) is 1. The maximum atomic E-state index is 12.0. The zero-order valence-electron chi connectivity index (χ0n) is 10.2. The summed E-state index contributed by atoms with van der Waals surface area (Å²) in [6, 6.07) is 5.27. The SMILES string of the molecule is CCc1occc1C(=O)Nc1ccc(Br)c(C)n1. The van der Waals surface area contributed by atoms with Crippen LogP contribution in [-0.4, -0.2) is 10.9 Å². The largest absolute Gasteiger partial charge is 0.469 e. The van der Waals surface area contributed by atoms with Gasteiger partial charge in [0.05, 0.1) is 17.5 Å². The summed E-state index contributed by atoms with van der Waals surface area (Å²) < 4.78 is 6.14. The Morgan fingerprint density at radius 2 is 2.22 bits per heavy atom. The first-order valence-corrected chi connectivity index (χ1v) is 6.42. The fraction of sp³-hybridized carbons (Fsp3) is 0.231. The van der Waals surface area contributed by atoms with Crippen molar-refractivity contribution < 1.29 is 9.21 Å². The lowest BCUT2D eigenvalue weighted by molar-refractivity contribution is 0.102. The van der Waals surface area contributed by atoms with Crippen LogP contribution in [0.2, 0.25) is 0 Å². The summed E-state index contributed by atoms with van der Waals surface area (Å²) >= 11 is 3.37. The van der Waals surface area contributed by atoms with Gasteiger partial charge in [0, 0.05) is 10.9 Å². The second-order valence-corrected chi connectivity index (χ2v) is 4.68. The van der Waals surface area contributed by atoms with Gasteiger partial charge in [0.2, 0.25) is 0 Å². The maximum absolute atomic E-state index is 12.0. The van der Waals surface area contributed by atoms with Crippen LogP contribution in [0.4, 0.5) is 5.82 Å². The van der Waals surface area contributed by atoms with Crippen LogP contribution in [0.3, 0.4) is 0 Å². The summed E-state index contributed by atoms with van der Waals surface area (Å²) in [5.41, 5.74) is 1.38. The number of hydrogen-bond acceptors (Lipinski definition) is 3. The van der Waals surface area contributed by atoms with Crippen molar-refractivity contribution >= 4 is 27.7 Å². The molecule has 0 atom stereocenters. The molecule has 5 heteroatoms. The van der Waals surface area contributed by atoms with E-state index in [9.17, 15) is 4.79 Å². The molecule has 0 saturated heterocycles. The number of carbonyl (C=O) groups excluding carboxylic acids is 1. The monoisotopic (exact) mass is 308 g/mol. The lowest BCUT2D eigenvalue weighted by atomic mass is 10.2. The third-order valence-corrected chi connectivity index (χ3v) is 3.41. The van der Waals surface area contributed by atoms with E-state index in [0.29, 0.717) is 23.6 Å². The van der Waals surface area contributed by atoms with Gasteiger partial charge in [-0.05, 0) is 41.1 Å². The molecule has 0 spiro atoms. The molecule has 2 heterocycles. The molecule has 0 unspecified atom stereocenters. The van der Waals surface area contributed by atoms with Crippen LogP contribution in [0, 0.1) is 6.92 Å². The Labute approximate surface area is 114 Å². The topological polar surface area (TPSA) is 55.1 Å². The molecular weight excluding hydrogens is 296 g/mol. The zero-order chi connectivity index (χ0) is 13.1. The van der Waals surface area contributed by atoms with E-state index >= 15 is 0 Å². The molecule has 1 N–H and O–H groups in total. The minimum atomic E-state index is -0.199. The normalized spacial score (nSPS) is 10.4. The Hall–Kier alpha value is -1.62. The summed E-state index contributed by atoms with van der Waals surface area (Å²) in [4.78, 5) is 16.3. The Balaban J connectivity index is 2.19. The van der Waals surface area contributed by atoms with E-state index < -0.39 is 0 Å². The van der Waals surface area contributed by atoms with Crippen molar-refractivity contribution in [1.29, 1.82) is 0 Å². The van der Waals surface area contributed by atoms with Gasteiger partial charge in [-0.3, -0.25) is 4.79 Å². The van der Waals surface area contributed by atoms with E-state index in [4.69, 9.17) is 4.42 Å². The van der Waals surface area contributed by atoms with Gasteiger partial charge in [0.1, 0.15) is 11.6 Å². The van der Waals surface area contributed by atoms with Crippen molar-refractivity contribution in [1.82, 2.24) is 4.98 Å². The number of pyridine rings is 1. The van der Waals surface area contributed by atoms with E-state index in [1.54, 1.807) is 12.1 Å². The van der Waals surface area contributed by atoms with Gasteiger partial charge < -0.3 is 9.73 Å². The number of carbonyl (C=O) groups is 1. The van der Waals surface area contributed by atoms with Gasteiger partial charge in [-0.1, -0.05) is 6.92 Å². The standard InChI is InChI=1S/C13H13BrN2O2/c1-3-11-9(6-7-18-11)13(17)16-12-5-4-10(14)8(2)15-12/h4-7H,3H2,1-2H3,(H,15,16,17). The Morgan fingerprint density at radius 3 is 2.89 bits per heavy atom. The molecular formula is C13H13BrN2O2. The molecule has 2 aromatic rings. The highest BCUT2D eigenvalue weighted by Crippen LogP contribution is 2.18. The summed E-state index contributed by atoms with van der Waals surface area (Å²) in [7, 11) is 0. The molecule has 1 amide bonds. The summed E-state index contributed by atoms with van der Waals surface area (Å²) in [5, 5.41) is 2.76. The van der Waals surface area contributed by atoms with E-state index in [1.807, 2.05) is 19.9 Å². The van der Waals surface area contributed by atoms with Crippen LogP contribution < -0.4 is 5.32 Å². The molecule has 0 bridgehead atoms. The third kappa shape index (κ3) is 2.61. The van der Waals surface area contributed by atoms with Crippen LogP contribution in [0.25, 0.3) is 0 Å². The Morgan fingerprint density at radius 1 is 1.44 bits per heavy atom. The Bertz CT molecular complexity index is 578. The molecule has 0 aliphatic carbocycles. The van der Waals surface area contributed by atoms with E-state index in [2.05, 4.69) is 26.2 Å². The highest BCUT2D eigenvalue weighted by atomic mass is 79.9. The van der Waals surface area contributed by atoms with Crippen molar-refractivity contribution in [3.63, 3.8) is 0 Å². The van der Waals surface area contributed by atoms with Gasteiger partial charge in [0.15, 0.2) is 0 Å². The molecule has 0 saturated carbocycles.